The fraction of sp³-hybridized carbons (Fsp3) is 0.273. The molecule has 2 heterocycles. The number of hydrogen-bond acceptors (Lipinski definition) is 7. The number of carbonyl (C=O) groups excluding carboxylic acids is 2. The van der Waals surface area contributed by atoms with Gasteiger partial charge >= 0.3 is 5.97 Å². The molecule has 0 atom stereocenters. The van der Waals surface area contributed by atoms with E-state index in [2.05, 4.69) is 4.98 Å². The zero-order chi connectivity index (χ0) is 23.4. The van der Waals surface area contributed by atoms with Crippen LogP contribution in [0.5, 0.6) is 0 Å². The smallest absolute Gasteiger partial charge is 0.326 e. The molecule has 1 amide bonds. The van der Waals surface area contributed by atoms with E-state index in [1.165, 1.54) is 25.9 Å². The number of benzene rings is 2. The molecule has 1 fully saturated rings. The molecular formula is C22H22N4O6S. The van der Waals surface area contributed by atoms with Crippen LogP contribution in [0.4, 0.5) is 0 Å². The number of piperazine rings is 1. The molecule has 2 aromatic carbocycles. The van der Waals surface area contributed by atoms with Crippen molar-refractivity contribution < 1.29 is 22.7 Å². The summed E-state index contributed by atoms with van der Waals surface area (Å²) < 4.78 is 33.0. The van der Waals surface area contributed by atoms with Gasteiger partial charge in [0.1, 0.15) is 6.54 Å². The van der Waals surface area contributed by atoms with Crippen LogP contribution < -0.4 is 5.56 Å². The Hall–Kier alpha value is -3.57. The van der Waals surface area contributed by atoms with Gasteiger partial charge in [-0.05, 0) is 24.3 Å². The predicted octanol–water partition coefficient (Wildman–Crippen LogP) is 0.473. The third-order valence-corrected chi connectivity index (χ3v) is 7.28. The lowest BCUT2D eigenvalue weighted by atomic mass is 10.3. The van der Waals surface area contributed by atoms with Gasteiger partial charge in [0.05, 0.1) is 22.1 Å². The maximum atomic E-state index is 12.7. The van der Waals surface area contributed by atoms with E-state index in [-0.39, 0.29) is 37.6 Å². The quantitative estimate of drug-likeness (QED) is 0.481. The first-order valence-corrected chi connectivity index (χ1v) is 11.7. The largest absolute Gasteiger partial charge is 0.454 e. The minimum atomic E-state index is -3.62. The highest BCUT2D eigenvalue weighted by Crippen LogP contribution is 2.17. The van der Waals surface area contributed by atoms with Crippen LogP contribution in [-0.2, 0) is 30.9 Å². The van der Waals surface area contributed by atoms with Crippen LogP contribution in [0.25, 0.3) is 11.0 Å². The summed E-state index contributed by atoms with van der Waals surface area (Å²) in [4.78, 5) is 42.6. The van der Waals surface area contributed by atoms with Crippen LogP contribution in [-0.4, -0.2) is 71.8 Å². The molecule has 1 saturated heterocycles. The second-order valence-electron chi connectivity index (χ2n) is 7.43. The number of amides is 1. The van der Waals surface area contributed by atoms with E-state index < -0.39 is 34.1 Å². The van der Waals surface area contributed by atoms with Crippen molar-refractivity contribution in [3.05, 3.63) is 71.1 Å². The van der Waals surface area contributed by atoms with Gasteiger partial charge in [0.25, 0.3) is 11.5 Å². The summed E-state index contributed by atoms with van der Waals surface area (Å²) in [5, 5.41) is 0. The Morgan fingerprint density at radius 2 is 1.61 bits per heavy atom. The molecule has 1 aromatic heterocycles. The van der Waals surface area contributed by atoms with Gasteiger partial charge in [0.15, 0.2) is 6.61 Å². The van der Waals surface area contributed by atoms with Gasteiger partial charge in [-0.2, -0.15) is 4.31 Å². The number of fused-ring (bicyclic) bond motifs is 1. The summed E-state index contributed by atoms with van der Waals surface area (Å²) in [6.07, 6.45) is 1.13. The molecule has 0 N–H and O–H groups in total. The number of carbonyl (C=O) groups is 2. The van der Waals surface area contributed by atoms with E-state index in [0.717, 1.165) is 6.20 Å². The Labute approximate surface area is 190 Å². The van der Waals surface area contributed by atoms with Crippen LogP contribution in [0.15, 0.2) is 70.5 Å². The number of aromatic nitrogens is 2. The van der Waals surface area contributed by atoms with E-state index in [0.29, 0.717) is 11.0 Å². The Morgan fingerprint density at radius 3 is 2.33 bits per heavy atom. The normalized spacial score (nSPS) is 14.8. The number of ether oxygens (including phenoxy) is 1. The van der Waals surface area contributed by atoms with Gasteiger partial charge in [-0.25, -0.2) is 13.4 Å². The van der Waals surface area contributed by atoms with Gasteiger partial charge in [0.2, 0.25) is 10.0 Å². The minimum Gasteiger partial charge on any atom is -0.454 e. The Morgan fingerprint density at radius 1 is 0.939 bits per heavy atom. The summed E-state index contributed by atoms with van der Waals surface area (Å²) in [6, 6.07) is 15.0. The van der Waals surface area contributed by atoms with E-state index in [4.69, 9.17) is 4.74 Å². The summed E-state index contributed by atoms with van der Waals surface area (Å²) in [5.41, 5.74) is 0.598. The highest BCUT2D eigenvalue weighted by molar-refractivity contribution is 7.89. The van der Waals surface area contributed by atoms with Crippen molar-refractivity contribution in [2.24, 2.45) is 0 Å². The van der Waals surface area contributed by atoms with Crippen LogP contribution in [0.1, 0.15) is 0 Å². The maximum absolute atomic E-state index is 12.7. The Bertz CT molecular complexity index is 1330. The Balaban J connectivity index is 1.31. The second-order valence-corrected chi connectivity index (χ2v) is 9.37. The van der Waals surface area contributed by atoms with E-state index in [9.17, 15) is 22.8 Å². The first kappa shape index (κ1) is 22.6. The summed E-state index contributed by atoms with van der Waals surface area (Å²) in [7, 11) is -3.62. The topological polar surface area (TPSA) is 119 Å². The van der Waals surface area contributed by atoms with Crippen molar-refractivity contribution in [1.29, 1.82) is 0 Å². The molecule has 10 nitrogen and oxygen atoms in total. The summed E-state index contributed by atoms with van der Waals surface area (Å²) in [5.74, 6) is -1.15. The van der Waals surface area contributed by atoms with Gasteiger partial charge in [0, 0.05) is 26.2 Å². The molecule has 0 saturated carbocycles. The summed E-state index contributed by atoms with van der Waals surface area (Å²) in [6.45, 7) is -0.154. The highest BCUT2D eigenvalue weighted by Gasteiger charge is 2.30. The minimum absolute atomic E-state index is 0.148. The van der Waals surface area contributed by atoms with Crippen LogP contribution in [0.2, 0.25) is 0 Å². The average molecular weight is 471 g/mol. The fourth-order valence-electron chi connectivity index (χ4n) is 3.61. The molecule has 11 heteroatoms. The molecule has 0 unspecified atom stereocenters. The summed E-state index contributed by atoms with van der Waals surface area (Å²) >= 11 is 0. The van der Waals surface area contributed by atoms with Crippen LogP contribution >= 0.6 is 0 Å². The molecule has 4 rings (SSSR count). The lowest BCUT2D eigenvalue weighted by Gasteiger charge is -2.33. The predicted molar refractivity (Wildman–Crippen MR) is 119 cm³/mol. The number of para-hydroxylation sites is 2. The van der Waals surface area contributed by atoms with E-state index in [1.54, 1.807) is 42.5 Å². The van der Waals surface area contributed by atoms with Crippen molar-refractivity contribution in [3.63, 3.8) is 0 Å². The fourth-order valence-corrected chi connectivity index (χ4v) is 5.05. The van der Waals surface area contributed by atoms with Gasteiger partial charge in [-0.1, -0.05) is 30.3 Å². The standard InChI is InChI=1S/C22H22N4O6S/c27-20-14-23-18-8-4-5-9-19(18)26(20)15-22(29)32-16-21(28)24-10-12-25(13-11-24)33(30,31)17-6-2-1-3-7-17/h1-9,14H,10-13,15-16H2. The van der Waals surface area contributed by atoms with Crippen molar-refractivity contribution >= 4 is 32.9 Å². The van der Waals surface area contributed by atoms with Crippen LogP contribution in [0.3, 0.4) is 0 Å². The van der Waals surface area contributed by atoms with Crippen molar-refractivity contribution in [2.75, 3.05) is 32.8 Å². The SMILES string of the molecule is O=C(Cn1c(=O)cnc2ccccc21)OCC(=O)N1CCN(S(=O)(=O)c2ccccc2)CC1. The maximum Gasteiger partial charge on any atom is 0.326 e. The number of esters is 1. The van der Waals surface area contributed by atoms with E-state index >= 15 is 0 Å². The second kappa shape index (κ2) is 9.51. The first-order chi connectivity index (χ1) is 15.9. The first-order valence-electron chi connectivity index (χ1n) is 10.3. The van der Waals surface area contributed by atoms with E-state index in [1.807, 2.05) is 0 Å². The Kier molecular flexibility index (Phi) is 6.52. The number of rotatable bonds is 6. The average Bonchev–Trinajstić information content (AvgIpc) is 2.85. The monoisotopic (exact) mass is 470 g/mol. The van der Waals surface area contributed by atoms with Gasteiger partial charge < -0.3 is 9.64 Å². The third kappa shape index (κ3) is 4.94. The molecular weight excluding hydrogens is 448 g/mol. The number of sulfonamides is 1. The molecule has 0 radical (unpaired) electrons. The third-order valence-electron chi connectivity index (χ3n) is 5.37. The molecule has 0 spiro atoms. The lowest BCUT2D eigenvalue weighted by molar-refractivity contribution is -0.153. The molecule has 1 aliphatic heterocycles. The van der Waals surface area contributed by atoms with Crippen molar-refractivity contribution in [3.8, 4) is 0 Å². The zero-order valence-corrected chi connectivity index (χ0v) is 18.5. The molecule has 0 aliphatic carbocycles. The van der Waals surface area contributed by atoms with Gasteiger partial charge in [-0.15, -0.1) is 0 Å². The molecule has 3 aromatic rings. The lowest BCUT2D eigenvalue weighted by Crippen LogP contribution is -2.51. The molecule has 33 heavy (non-hydrogen) atoms. The highest BCUT2D eigenvalue weighted by atomic mass is 32.2. The van der Waals surface area contributed by atoms with Crippen LogP contribution in [0, 0.1) is 0 Å². The molecule has 1 aliphatic rings. The number of nitrogens with zero attached hydrogens (tertiary/aromatic N) is 4. The van der Waals surface area contributed by atoms with Gasteiger partial charge in [-0.3, -0.25) is 19.0 Å². The number of hydrogen-bond donors (Lipinski definition) is 0. The molecule has 172 valence electrons. The van der Waals surface area contributed by atoms with Crippen molar-refractivity contribution in [1.82, 2.24) is 18.8 Å². The van der Waals surface area contributed by atoms with Crippen molar-refractivity contribution in [2.45, 2.75) is 11.4 Å². The zero-order valence-electron chi connectivity index (χ0n) is 17.7. The molecule has 0 bridgehead atoms.